The number of nitrogens with zero attached hydrogens (tertiary/aromatic N) is 1. The molecule has 1 heterocycles. The summed E-state index contributed by atoms with van der Waals surface area (Å²) < 4.78 is 25.7. The highest BCUT2D eigenvalue weighted by Gasteiger charge is 2.16. The predicted molar refractivity (Wildman–Crippen MR) is 56.2 cm³/mol. The first-order valence-corrected chi connectivity index (χ1v) is 5.17. The van der Waals surface area contributed by atoms with Gasteiger partial charge in [-0.2, -0.15) is 0 Å². The van der Waals surface area contributed by atoms with Crippen LogP contribution in [0.3, 0.4) is 0 Å². The van der Waals surface area contributed by atoms with E-state index in [9.17, 15) is 8.78 Å². The normalized spacial score (nSPS) is 10.9. The molecular weight excluding hydrogens is 310 g/mol. The van der Waals surface area contributed by atoms with Crippen molar-refractivity contribution in [2.45, 2.75) is 19.2 Å². The van der Waals surface area contributed by atoms with Crippen LogP contribution in [0.2, 0.25) is 0 Å². The predicted octanol–water partition coefficient (Wildman–Crippen LogP) is 3.67. The van der Waals surface area contributed by atoms with Crippen molar-refractivity contribution in [2.75, 3.05) is 0 Å². The zero-order chi connectivity index (χ0) is 10.0. The minimum Gasteiger partial charge on any atom is -0.254 e. The molecule has 0 spiro atoms. The van der Waals surface area contributed by atoms with Crippen molar-refractivity contribution in [1.82, 2.24) is 4.98 Å². The average molecular weight is 318 g/mol. The SMILES string of the molecule is Cc1c(I)cnc(C(F)F)c1CCl. The molecule has 1 rings (SSSR count). The van der Waals surface area contributed by atoms with Crippen LogP contribution in [-0.4, -0.2) is 4.98 Å². The van der Waals surface area contributed by atoms with Crippen LogP contribution in [0, 0.1) is 10.5 Å². The van der Waals surface area contributed by atoms with E-state index in [-0.39, 0.29) is 11.6 Å². The fourth-order valence-corrected chi connectivity index (χ4v) is 1.80. The van der Waals surface area contributed by atoms with Crippen LogP contribution in [0.25, 0.3) is 0 Å². The fraction of sp³-hybridized carbons (Fsp3) is 0.375. The number of alkyl halides is 3. The van der Waals surface area contributed by atoms with Gasteiger partial charge in [0, 0.05) is 15.6 Å². The van der Waals surface area contributed by atoms with Gasteiger partial charge in [0.1, 0.15) is 5.69 Å². The summed E-state index contributed by atoms with van der Waals surface area (Å²) in [4.78, 5) is 3.67. The number of aromatic nitrogens is 1. The van der Waals surface area contributed by atoms with Crippen LogP contribution in [-0.2, 0) is 5.88 Å². The number of hydrogen-bond donors (Lipinski definition) is 0. The van der Waals surface area contributed by atoms with Gasteiger partial charge in [0.2, 0.25) is 0 Å². The van der Waals surface area contributed by atoms with E-state index in [0.29, 0.717) is 5.56 Å². The average Bonchev–Trinajstić information content (AvgIpc) is 2.09. The maximum atomic E-state index is 12.4. The highest BCUT2D eigenvalue weighted by Crippen LogP contribution is 2.26. The van der Waals surface area contributed by atoms with Gasteiger partial charge in [-0.05, 0) is 40.6 Å². The van der Waals surface area contributed by atoms with Crippen LogP contribution < -0.4 is 0 Å². The van der Waals surface area contributed by atoms with Crippen LogP contribution in [0.5, 0.6) is 0 Å². The van der Waals surface area contributed by atoms with Crippen LogP contribution >= 0.6 is 34.2 Å². The third-order valence-electron chi connectivity index (χ3n) is 1.78. The van der Waals surface area contributed by atoms with E-state index in [1.807, 2.05) is 22.6 Å². The molecule has 5 heteroatoms. The van der Waals surface area contributed by atoms with Crippen molar-refractivity contribution in [1.29, 1.82) is 0 Å². The lowest BCUT2D eigenvalue weighted by Crippen LogP contribution is -2.01. The molecule has 0 atom stereocenters. The monoisotopic (exact) mass is 317 g/mol. The van der Waals surface area contributed by atoms with E-state index in [2.05, 4.69) is 4.98 Å². The topological polar surface area (TPSA) is 12.9 Å². The lowest BCUT2D eigenvalue weighted by Gasteiger charge is -2.09. The van der Waals surface area contributed by atoms with Crippen molar-refractivity contribution in [3.63, 3.8) is 0 Å². The maximum absolute atomic E-state index is 12.4. The molecular formula is C8H7ClF2IN. The quantitative estimate of drug-likeness (QED) is 0.599. The fourth-order valence-electron chi connectivity index (χ4n) is 0.994. The van der Waals surface area contributed by atoms with Gasteiger partial charge in [0.05, 0.1) is 0 Å². The molecule has 0 fully saturated rings. The van der Waals surface area contributed by atoms with Gasteiger partial charge in [0.15, 0.2) is 0 Å². The third-order valence-corrected chi connectivity index (χ3v) is 3.13. The Hall–Kier alpha value is 0.0300. The number of halogens is 4. The Balaban J connectivity index is 3.30. The molecule has 0 aromatic carbocycles. The maximum Gasteiger partial charge on any atom is 0.280 e. The molecule has 1 nitrogen and oxygen atoms in total. The largest absolute Gasteiger partial charge is 0.280 e. The molecule has 0 amide bonds. The van der Waals surface area contributed by atoms with Crippen molar-refractivity contribution in [2.24, 2.45) is 0 Å². The Morgan fingerprint density at radius 3 is 2.69 bits per heavy atom. The number of hydrogen-bond acceptors (Lipinski definition) is 1. The molecule has 0 saturated carbocycles. The summed E-state index contributed by atoms with van der Waals surface area (Å²) in [5.41, 5.74) is 1.04. The van der Waals surface area contributed by atoms with Crippen molar-refractivity contribution < 1.29 is 8.78 Å². The summed E-state index contributed by atoms with van der Waals surface area (Å²) in [6.07, 6.45) is -1.11. The molecule has 13 heavy (non-hydrogen) atoms. The summed E-state index contributed by atoms with van der Waals surface area (Å²) in [5, 5.41) is 0. The molecule has 0 unspecified atom stereocenters. The number of pyridine rings is 1. The lowest BCUT2D eigenvalue weighted by molar-refractivity contribution is 0.145. The first-order chi connectivity index (χ1) is 6.07. The first kappa shape index (κ1) is 11.1. The Morgan fingerprint density at radius 1 is 1.62 bits per heavy atom. The van der Waals surface area contributed by atoms with E-state index in [1.54, 1.807) is 6.92 Å². The van der Waals surface area contributed by atoms with E-state index in [0.717, 1.165) is 9.13 Å². The first-order valence-electron chi connectivity index (χ1n) is 3.56. The molecule has 0 aliphatic carbocycles. The molecule has 0 bridgehead atoms. The smallest absolute Gasteiger partial charge is 0.254 e. The molecule has 0 aliphatic rings. The van der Waals surface area contributed by atoms with Crippen LogP contribution in [0.15, 0.2) is 6.20 Å². The molecule has 1 aromatic rings. The van der Waals surface area contributed by atoms with Gasteiger partial charge in [-0.3, -0.25) is 4.98 Å². The van der Waals surface area contributed by atoms with Crippen molar-refractivity contribution in [3.8, 4) is 0 Å². The van der Waals surface area contributed by atoms with Crippen LogP contribution in [0.4, 0.5) is 8.78 Å². The summed E-state index contributed by atoms with van der Waals surface area (Å²) >= 11 is 7.62. The summed E-state index contributed by atoms with van der Waals surface area (Å²) in [7, 11) is 0. The Labute approximate surface area is 93.6 Å². The molecule has 0 saturated heterocycles. The molecule has 0 N–H and O–H groups in total. The lowest BCUT2D eigenvalue weighted by atomic mass is 10.1. The van der Waals surface area contributed by atoms with Gasteiger partial charge in [0.25, 0.3) is 6.43 Å². The van der Waals surface area contributed by atoms with Gasteiger partial charge in [-0.1, -0.05) is 0 Å². The zero-order valence-electron chi connectivity index (χ0n) is 6.82. The molecule has 0 radical (unpaired) electrons. The van der Waals surface area contributed by atoms with E-state index >= 15 is 0 Å². The Kier molecular flexibility index (Phi) is 3.85. The van der Waals surface area contributed by atoms with Crippen LogP contribution in [0.1, 0.15) is 23.2 Å². The molecule has 72 valence electrons. The summed E-state index contributed by atoms with van der Waals surface area (Å²) in [5.74, 6) is 0.0787. The van der Waals surface area contributed by atoms with E-state index < -0.39 is 6.43 Å². The number of rotatable bonds is 2. The minimum atomic E-state index is -2.55. The minimum absolute atomic E-state index is 0.0787. The molecule has 0 aliphatic heterocycles. The third kappa shape index (κ3) is 2.28. The van der Waals surface area contributed by atoms with E-state index in [1.165, 1.54) is 6.20 Å². The second kappa shape index (κ2) is 4.50. The van der Waals surface area contributed by atoms with Gasteiger partial charge in [-0.25, -0.2) is 8.78 Å². The van der Waals surface area contributed by atoms with Gasteiger partial charge in [-0.15, -0.1) is 11.6 Å². The standard InChI is InChI=1S/C8H7ClF2IN/c1-4-5(2-9)7(8(10)11)13-3-6(4)12/h3,8H,2H2,1H3. The zero-order valence-corrected chi connectivity index (χ0v) is 9.73. The highest BCUT2D eigenvalue weighted by atomic mass is 127. The summed E-state index contributed by atoms with van der Waals surface area (Å²) in [6.45, 7) is 1.77. The molecule has 1 aromatic heterocycles. The van der Waals surface area contributed by atoms with Crippen molar-refractivity contribution in [3.05, 3.63) is 26.6 Å². The summed E-state index contributed by atoms with van der Waals surface area (Å²) in [6, 6.07) is 0. The Bertz CT molecular complexity index is 317. The highest BCUT2D eigenvalue weighted by molar-refractivity contribution is 14.1. The Morgan fingerprint density at radius 2 is 2.23 bits per heavy atom. The second-order valence-corrected chi connectivity index (χ2v) is 3.96. The van der Waals surface area contributed by atoms with Gasteiger partial charge >= 0.3 is 0 Å². The van der Waals surface area contributed by atoms with Gasteiger partial charge < -0.3 is 0 Å². The van der Waals surface area contributed by atoms with Crippen molar-refractivity contribution >= 4 is 34.2 Å². The second-order valence-electron chi connectivity index (χ2n) is 2.53. The van der Waals surface area contributed by atoms with E-state index in [4.69, 9.17) is 11.6 Å².